The third kappa shape index (κ3) is 5.76. The highest BCUT2D eigenvalue weighted by atomic mass is 35.5. The summed E-state index contributed by atoms with van der Waals surface area (Å²) in [6, 6.07) is 8.22. The van der Waals surface area contributed by atoms with Crippen LogP contribution in [-0.2, 0) is 9.53 Å². The van der Waals surface area contributed by atoms with E-state index in [-0.39, 0.29) is 28.6 Å². The van der Waals surface area contributed by atoms with Gasteiger partial charge in [0.2, 0.25) is 0 Å². The molecule has 32 heavy (non-hydrogen) atoms. The van der Waals surface area contributed by atoms with Crippen LogP contribution in [0.25, 0.3) is 0 Å². The van der Waals surface area contributed by atoms with Crippen LogP contribution < -0.4 is 0 Å². The van der Waals surface area contributed by atoms with Crippen molar-refractivity contribution >= 4 is 17.6 Å². The van der Waals surface area contributed by atoms with E-state index in [2.05, 4.69) is 35.9 Å². The summed E-state index contributed by atoms with van der Waals surface area (Å²) in [6.45, 7) is 2.19. The number of carbonyl (C=O) groups is 1. The van der Waals surface area contributed by atoms with E-state index in [1.807, 2.05) is 12.1 Å². The van der Waals surface area contributed by atoms with E-state index in [4.69, 9.17) is 11.6 Å². The van der Waals surface area contributed by atoms with Gasteiger partial charge in [-0.2, -0.15) is 0 Å². The number of alkyl halides is 1. The number of hydrogen-bond acceptors (Lipinski definition) is 4. The van der Waals surface area contributed by atoms with Gasteiger partial charge in [0.1, 0.15) is 0 Å². The molecule has 0 amide bonds. The standard InChI is InChI=1S/C27H39ClO4/c1-3-14-27(15-9-16-27)26(31)20-11-8-10-19(17-20)25-21(22(28)18-23(25)29)12-6-4-5-7-13-24(30)32-2/h4,6,8,10-11,17,21-23,25-26,29,31H,3,5,7,9,12-16,18H2,1-2H3/b6-4-/t21-,22?,23+,25+,26?/m0/s1. The lowest BCUT2D eigenvalue weighted by atomic mass is 9.61. The van der Waals surface area contributed by atoms with Gasteiger partial charge in [0.05, 0.1) is 19.3 Å². The molecule has 3 rings (SSSR count). The molecule has 4 nitrogen and oxygen atoms in total. The maximum atomic E-state index is 11.2. The second-order valence-corrected chi connectivity index (χ2v) is 10.3. The van der Waals surface area contributed by atoms with Crippen molar-refractivity contribution in [2.75, 3.05) is 7.11 Å². The molecule has 0 bridgehead atoms. The van der Waals surface area contributed by atoms with E-state index in [9.17, 15) is 15.0 Å². The maximum Gasteiger partial charge on any atom is 0.305 e. The molecule has 178 valence electrons. The fourth-order valence-corrected chi connectivity index (χ4v) is 6.18. The molecule has 1 aromatic carbocycles. The Morgan fingerprint density at radius 2 is 2.12 bits per heavy atom. The third-order valence-electron chi connectivity index (χ3n) is 7.65. The van der Waals surface area contributed by atoms with E-state index in [1.54, 1.807) is 0 Å². The molecule has 2 aliphatic rings. The Morgan fingerprint density at radius 3 is 2.78 bits per heavy atom. The largest absolute Gasteiger partial charge is 0.469 e. The molecule has 1 aromatic rings. The number of allylic oxidation sites excluding steroid dienone is 2. The first kappa shape index (κ1) is 25.3. The van der Waals surface area contributed by atoms with E-state index < -0.39 is 12.2 Å². The van der Waals surface area contributed by atoms with Gasteiger partial charge >= 0.3 is 5.97 Å². The van der Waals surface area contributed by atoms with Crippen LogP contribution in [0, 0.1) is 11.3 Å². The second-order valence-electron chi connectivity index (χ2n) is 9.72. The second kappa shape index (κ2) is 11.7. The van der Waals surface area contributed by atoms with Crippen molar-refractivity contribution in [3.63, 3.8) is 0 Å². The average molecular weight is 463 g/mol. The van der Waals surface area contributed by atoms with Crippen LogP contribution >= 0.6 is 11.6 Å². The van der Waals surface area contributed by atoms with Crippen LogP contribution in [-0.4, -0.2) is 34.8 Å². The van der Waals surface area contributed by atoms with Crippen molar-refractivity contribution in [2.24, 2.45) is 11.3 Å². The summed E-state index contributed by atoms with van der Waals surface area (Å²) in [5, 5.41) is 22.0. The monoisotopic (exact) mass is 462 g/mol. The van der Waals surface area contributed by atoms with Gasteiger partial charge in [-0.05, 0) is 62.0 Å². The van der Waals surface area contributed by atoms with Gasteiger partial charge in [0.15, 0.2) is 0 Å². The number of rotatable bonds is 11. The number of methoxy groups -OCH3 is 1. The van der Waals surface area contributed by atoms with Crippen LogP contribution in [0.15, 0.2) is 36.4 Å². The van der Waals surface area contributed by atoms with Gasteiger partial charge in [-0.3, -0.25) is 4.79 Å². The zero-order valence-corrected chi connectivity index (χ0v) is 20.3. The zero-order valence-electron chi connectivity index (χ0n) is 19.5. The van der Waals surface area contributed by atoms with Crippen LogP contribution in [0.5, 0.6) is 0 Å². The summed E-state index contributed by atoms with van der Waals surface area (Å²) in [6.07, 6.45) is 12.2. The molecular formula is C27H39ClO4. The highest BCUT2D eigenvalue weighted by Crippen LogP contribution is 2.54. The number of benzene rings is 1. The first-order valence-corrected chi connectivity index (χ1v) is 12.7. The summed E-state index contributed by atoms with van der Waals surface area (Å²) in [7, 11) is 1.41. The van der Waals surface area contributed by atoms with Crippen molar-refractivity contribution in [3.05, 3.63) is 47.5 Å². The van der Waals surface area contributed by atoms with Gasteiger partial charge in [-0.25, -0.2) is 0 Å². The van der Waals surface area contributed by atoms with Gasteiger partial charge in [-0.15, -0.1) is 11.6 Å². The topological polar surface area (TPSA) is 66.8 Å². The first-order valence-electron chi connectivity index (χ1n) is 12.2. The highest BCUT2D eigenvalue weighted by Gasteiger charge is 2.44. The average Bonchev–Trinajstić information content (AvgIpc) is 3.05. The Bertz CT molecular complexity index is 773. The highest BCUT2D eigenvalue weighted by molar-refractivity contribution is 6.21. The van der Waals surface area contributed by atoms with E-state index in [0.29, 0.717) is 12.8 Å². The Balaban J connectivity index is 1.68. The fourth-order valence-electron chi connectivity index (χ4n) is 5.74. The first-order chi connectivity index (χ1) is 15.4. The zero-order chi connectivity index (χ0) is 23.1. The summed E-state index contributed by atoms with van der Waals surface area (Å²) in [4.78, 5) is 11.2. The van der Waals surface area contributed by atoms with Gasteiger partial charge in [-0.1, -0.05) is 56.2 Å². The van der Waals surface area contributed by atoms with Crippen molar-refractivity contribution in [3.8, 4) is 0 Å². The smallest absolute Gasteiger partial charge is 0.305 e. The molecule has 0 heterocycles. The fraction of sp³-hybridized carbons (Fsp3) is 0.667. The van der Waals surface area contributed by atoms with E-state index >= 15 is 0 Å². The van der Waals surface area contributed by atoms with Crippen LogP contribution in [0.1, 0.15) is 94.3 Å². The number of hydrogen-bond donors (Lipinski definition) is 2. The molecule has 2 unspecified atom stereocenters. The molecule has 0 saturated heterocycles. The molecule has 0 aromatic heterocycles. The molecule has 2 saturated carbocycles. The number of unbranched alkanes of at least 4 members (excludes halogenated alkanes) is 1. The normalized spacial score (nSPS) is 27.9. The lowest BCUT2D eigenvalue weighted by molar-refractivity contribution is -0.140. The molecule has 0 radical (unpaired) electrons. The number of aliphatic hydroxyl groups is 2. The molecule has 5 atom stereocenters. The van der Waals surface area contributed by atoms with Gasteiger partial charge in [0.25, 0.3) is 0 Å². The minimum Gasteiger partial charge on any atom is -0.469 e. The molecule has 2 aliphatic carbocycles. The third-order valence-corrected chi connectivity index (χ3v) is 8.15. The predicted molar refractivity (Wildman–Crippen MR) is 129 cm³/mol. The minimum atomic E-state index is -0.476. The Hall–Kier alpha value is -1.36. The number of ether oxygens (including phenoxy) is 1. The van der Waals surface area contributed by atoms with Crippen molar-refractivity contribution in [2.45, 2.75) is 94.6 Å². The number of carbonyl (C=O) groups excluding carboxylic acids is 1. The van der Waals surface area contributed by atoms with Gasteiger partial charge in [0, 0.05) is 23.1 Å². The number of aliphatic hydroxyl groups excluding tert-OH is 2. The van der Waals surface area contributed by atoms with Crippen LogP contribution in [0.3, 0.4) is 0 Å². The SMILES string of the molecule is CCCC1(C(O)c2cccc([C@H]3[C@H](O)CC(Cl)[C@@H]3C/C=C\CCCC(=O)OC)c2)CCC1. The van der Waals surface area contributed by atoms with Crippen molar-refractivity contribution in [1.82, 2.24) is 0 Å². The summed E-state index contributed by atoms with van der Waals surface area (Å²) in [5.41, 5.74) is 2.06. The molecule has 2 fully saturated rings. The maximum absolute atomic E-state index is 11.2. The minimum absolute atomic E-state index is 0.0169. The number of esters is 1. The van der Waals surface area contributed by atoms with Crippen molar-refractivity contribution < 1.29 is 19.7 Å². The van der Waals surface area contributed by atoms with Crippen LogP contribution in [0.4, 0.5) is 0 Å². The van der Waals surface area contributed by atoms with Crippen LogP contribution in [0.2, 0.25) is 0 Å². The molecule has 0 spiro atoms. The molecule has 2 N–H and O–H groups in total. The quantitative estimate of drug-likeness (QED) is 0.182. The predicted octanol–water partition coefficient (Wildman–Crippen LogP) is 6.05. The van der Waals surface area contributed by atoms with Crippen molar-refractivity contribution in [1.29, 1.82) is 0 Å². The Morgan fingerprint density at radius 1 is 1.34 bits per heavy atom. The Labute approximate surface area is 198 Å². The lowest BCUT2D eigenvalue weighted by Gasteiger charge is -2.46. The summed E-state index contributed by atoms with van der Waals surface area (Å²) >= 11 is 6.66. The molecule has 0 aliphatic heterocycles. The summed E-state index contributed by atoms with van der Waals surface area (Å²) < 4.78 is 4.67. The van der Waals surface area contributed by atoms with E-state index in [0.717, 1.165) is 56.1 Å². The van der Waals surface area contributed by atoms with Gasteiger partial charge < -0.3 is 14.9 Å². The Kier molecular flexibility index (Phi) is 9.22. The number of halogens is 1. The molecule has 5 heteroatoms. The van der Waals surface area contributed by atoms with E-state index in [1.165, 1.54) is 13.5 Å². The lowest BCUT2D eigenvalue weighted by Crippen LogP contribution is -2.36. The summed E-state index contributed by atoms with van der Waals surface area (Å²) in [5.74, 6) is -0.0694. The molecular weight excluding hydrogens is 424 g/mol.